The Labute approximate surface area is 70.3 Å². The van der Waals surface area contributed by atoms with Gasteiger partial charge in [-0.15, -0.1) is 0 Å². The number of amides is 1. The van der Waals surface area contributed by atoms with Gasteiger partial charge in [-0.2, -0.15) is 0 Å². The van der Waals surface area contributed by atoms with Crippen LogP contribution in [-0.2, 0) is 9.59 Å². The SMILES string of the molecule is O=C(O)CCN1NCCCC1=O. The second-order valence-corrected chi connectivity index (χ2v) is 2.70. The van der Waals surface area contributed by atoms with Crippen LogP contribution in [0.3, 0.4) is 0 Å². The number of hydrazine groups is 1. The van der Waals surface area contributed by atoms with E-state index in [9.17, 15) is 9.59 Å². The Morgan fingerprint density at radius 2 is 2.42 bits per heavy atom. The molecule has 0 saturated carbocycles. The van der Waals surface area contributed by atoms with Crippen molar-refractivity contribution < 1.29 is 14.7 Å². The maximum atomic E-state index is 11.1. The van der Waals surface area contributed by atoms with Crippen molar-refractivity contribution >= 4 is 11.9 Å². The fourth-order valence-electron chi connectivity index (χ4n) is 1.09. The fraction of sp³-hybridized carbons (Fsp3) is 0.714. The average Bonchev–Trinajstić information content (AvgIpc) is 2.03. The maximum Gasteiger partial charge on any atom is 0.305 e. The Kier molecular flexibility index (Phi) is 3.04. The minimum atomic E-state index is -0.879. The van der Waals surface area contributed by atoms with Crippen molar-refractivity contribution in [3.05, 3.63) is 0 Å². The largest absolute Gasteiger partial charge is 0.481 e. The lowest BCUT2D eigenvalue weighted by Gasteiger charge is -2.26. The van der Waals surface area contributed by atoms with E-state index in [0.717, 1.165) is 13.0 Å². The van der Waals surface area contributed by atoms with Crippen LogP contribution in [0.25, 0.3) is 0 Å². The second-order valence-electron chi connectivity index (χ2n) is 2.70. The van der Waals surface area contributed by atoms with Gasteiger partial charge in [0.25, 0.3) is 0 Å². The number of carbonyl (C=O) groups is 2. The standard InChI is InChI=1S/C7H12N2O3/c10-6-2-1-4-8-9(6)5-3-7(11)12/h8H,1-5H2,(H,11,12). The van der Waals surface area contributed by atoms with E-state index in [2.05, 4.69) is 5.43 Å². The number of carboxylic acid groups (broad SMARTS) is 1. The van der Waals surface area contributed by atoms with Crippen LogP contribution in [0.1, 0.15) is 19.3 Å². The monoisotopic (exact) mass is 172 g/mol. The van der Waals surface area contributed by atoms with Gasteiger partial charge in [0, 0.05) is 19.5 Å². The lowest BCUT2D eigenvalue weighted by atomic mass is 10.2. The number of hydrogen-bond acceptors (Lipinski definition) is 3. The van der Waals surface area contributed by atoms with E-state index >= 15 is 0 Å². The van der Waals surface area contributed by atoms with Crippen molar-refractivity contribution in [1.29, 1.82) is 0 Å². The zero-order chi connectivity index (χ0) is 8.97. The van der Waals surface area contributed by atoms with Gasteiger partial charge in [-0.05, 0) is 6.42 Å². The Hall–Kier alpha value is -1.10. The highest BCUT2D eigenvalue weighted by Gasteiger charge is 2.17. The average molecular weight is 172 g/mol. The molecule has 0 unspecified atom stereocenters. The van der Waals surface area contributed by atoms with Crippen molar-refractivity contribution in [1.82, 2.24) is 10.4 Å². The zero-order valence-corrected chi connectivity index (χ0v) is 6.75. The molecule has 0 aromatic heterocycles. The summed E-state index contributed by atoms with van der Waals surface area (Å²) in [6, 6.07) is 0. The topological polar surface area (TPSA) is 69.6 Å². The van der Waals surface area contributed by atoms with E-state index in [-0.39, 0.29) is 18.9 Å². The summed E-state index contributed by atoms with van der Waals surface area (Å²) in [6.45, 7) is 1.01. The number of nitrogens with zero attached hydrogens (tertiary/aromatic N) is 1. The Balaban J connectivity index is 2.29. The van der Waals surface area contributed by atoms with Gasteiger partial charge in [-0.25, -0.2) is 5.43 Å². The van der Waals surface area contributed by atoms with Crippen molar-refractivity contribution in [2.24, 2.45) is 0 Å². The lowest BCUT2D eigenvalue weighted by Crippen LogP contribution is -2.47. The molecule has 0 aromatic carbocycles. The molecule has 0 spiro atoms. The molecule has 0 bridgehead atoms. The third-order valence-electron chi connectivity index (χ3n) is 1.72. The first-order valence-corrected chi connectivity index (χ1v) is 3.96. The number of nitrogens with one attached hydrogen (secondary N) is 1. The van der Waals surface area contributed by atoms with Crippen LogP contribution in [0.4, 0.5) is 0 Å². The summed E-state index contributed by atoms with van der Waals surface area (Å²) < 4.78 is 0. The molecule has 0 atom stereocenters. The third-order valence-corrected chi connectivity index (χ3v) is 1.72. The number of rotatable bonds is 3. The molecule has 1 rings (SSSR count). The minimum Gasteiger partial charge on any atom is -0.481 e. The Morgan fingerprint density at radius 3 is 3.00 bits per heavy atom. The van der Waals surface area contributed by atoms with Gasteiger partial charge in [0.1, 0.15) is 0 Å². The number of carboxylic acids is 1. The first-order chi connectivity index (χ1) is 5.70. The molecule has 1 amide bonds. The molecule has 0 aliphatic carbocycles. The van der Waals surface area contributed by atoms with Gasteiger partial charge in [0.05, 0.1) is 6.42 Å². The van der Waals surface area contributed by atoms with Crippen LogP contribution in [0, 0.1) is 0 Å². The molecule has 1 heterocycles. The molecule has 2 N–H and O–H groups in total. The van der Waals surface area contributed by atoms with Gasteiger partial charge in [0.2, 0.25) is 5.91 Å². The van der Waals surface area contributed by atoms with Crippen LogP contribution in [0.5, 0.6) is 0 Å². The molecule has 68 valence electrons. The molecule has 1 aliphatic rings. The normalized spacial score (nSPS) is 18.0. The summed E-state index contributed by atoms with van der Waals surface area (Å²) in [5.41, 5.74) is 2.84. The molecule has 1 fully saturated rings. The van der Waals surface area contributed by atoms with E-state index < -0.39 is 5.97 Å². The van der Waals surface area contributed by atoms with Gasteiger partial charge in [-0.3, -0.25) is 14.6 Å². The van der Waals surface area contributed by atoms with Crippen LogP contribution in [-0.4, -0.2) is 35.1 Å². The quantitative estimate of drug-likeness (QED) is 0.607. The van der Waals surface area contributed by atoms with Crippen molar-refractivity contribution in [3.63, 3.8) is 0 Å². The number of carbonyl (C=O) groups excluding carboxylic acids is 1. The molecule has 12 heavy (non-hydrogen) atoms. The summed E-state index contributed by atoms with van der Waals surface area (Å²) in [6.07, 6.45) is 1.35. The molecule has 0 aromatic rings. The highest BCUT2D eigenvalue weighted by molar-refractivity contribution is 5.77. The number of hydrogen-bond donors (Lipinski definition) is 2. The smallest absolute Gasteiger partial charge is 0.305 e. The first kappa shape index (κ1) is 8.99. The van der Waals surface area contributed by atoms with Gasteiger partial charge >= 0.3 is 5.97 Å². The van der Waals surface area contributed by atoms with Gasteiger partial charge in [-0.1, -0.05) is 0 Å². The molecule has 5 nitrogen and oxygen atoms in total. The molecule has 1 aliphatic heterocycles. The zero-order valence-electron chi connectivity index (χ0n) is 6.75. The molecule has 5 heteroatoms. The number of aliphatic carboxylic acids is 1. The van der Waals surface area contributed by atoms with Crippen LogP contribution >= 0.6 is 0 Å². The molecular formula is C7H12N2O3. The highest BCUT2D eigenvalue weighted by atomic mass is 16.4. The van der Waals surface area contributed by atoms with Crippen molar-refractivity contribution in [2.75, 3.05) is 13.1 Å². The predicted octanol–water partition coefficient (Wildman–Crippen LogP) is -0.412. The third kappa shape index (κ3) is 2.50. The molecule has 0 radical (unpaired) electrons. The highest BCUT2D eigenvalue weighted by Crippen LogP contribution is 2.01. The lowest BCUT2D eigenvalue weighted by molar-refractivity contribution is -0.141. The Bertz CT molecular complexity index is 193. The van der Waals surface area contributed by atoms with Crippen molar-refractivity contribution in [3.8, 4) is 0 Å². The summed E-state index contributed by atoms with van der Waals surface area (Å²) in [4.78, 5) is 21.3. The van der Waals surface area contributed by atoms with E-state index in [1.54, 1.807) is 0 Å². The van der Waals surface area contributed by atoms with E-state index in [1.165, 1.54) is 5.01 Å². The second kappa shape index (κ2) is 4.06. The predicted molar refractivity (Wildman–Crippen MR) is 41.2 cm³/mol. The van der Waals surface area contributed by atoms with E-state index in [4.69, 9.17) is 5.11 Å². The summed E-state index contributed by atoms with van der Waals surface area (Å²) >= 11 is 0. The van der Waals surface area contributed by atoms with Crippen LogP contribution < -0.4 is 5.43 Å². The van der Waals surface area contributed by atoms with Crippen LogP contribution in [0.2, 0.25) is 0 Å². The van der Waals surface area contributed by atoms with Crippen molar-refractivity contribution in [2.45, 2.75) is 19.3 Å². The maximum absolute atomic E-state index is 11.1. The molecular weight excluding hydrogens is 160 g/mol. The summed E-state index contributed by atoms with van der Waals surface area (Å²) in [5, 5.41) is 9.75. The minimum absolute atomic E-state index is 0.00125. The van der Waals surface area contributed by atoms with Gasteiger partial charge < -0.3 is 5.11 Å². The van der Waals surface area contributed by atoms with E-state index in [0.29, 0.717) is 6.42 Å². The summed E-state index contributed by atoms with van der Waals surface area (Å²) in [5.74, 6) is -0.891. The molecule has 1 saturated heterocycles. The Morgan fingerprint density at radius 1 is 1.67 bits per heavy atom. The first-order valence-electron chi connectivity index (χ1n) is 3.96. The van der Waals surface area contributed by atoms with Crippen LogP contribution in [0.15, 0.2) is 0 Å². The fourth-order valence-corrected chi connectivity index (χ4v) is 1.09. The summed E-state index contributed by atoms with van der Waals surface area (Å²) in [7, 11) is 0. The van der Waals surface area contributed by atoms with Gasteiger partial charge in [0.15, 0.2) is 0 Å². The van der Waals surface area contributed by atoms with E-state index in [1.807, 2.05) is 0 Å².